The first-order valence-electron chi connectivity index (χ1n) is 9.66. The van der Waals surface area contributed by atoms with Gasteiger partial charge in [0.1, 0.15) is 22.7 Å². The summed E-state index contributed by atoms with van der Waals surface area (Å²) in [4.78, 5) is 23.3. The minimum atomic E-state index is -0.182. The number of phenols is 1. The van der Waals surface area contributed by atoms with Crippen LogP contribution in [0.25, 0.3) is 21.3 Å². The molecule has 2 heterocycles. The molecule has 6 nitrogen and oxygen atoms in total. The van der Waals surface area contributed by atoms with E-state index in [0.717, 1.165) is 32.7 Å². The number of aryl methyl sites for hydroxylation is 2. The number of carbonyl (C=O) groups is 1. The normalized spacial score (nSPS) is 10.9. The average molecular weight is 419 g/mol. The van der Waals surface area contributed by atoms with Crippen molar-refractivity contribution in [3.63, 3.8) is 0 Å². The molecule has 30 heavy (non-hydrogen) atoms. The zero-order valence-corrected chi connectivity index (χ0v) is 17.6. The van der Waals surface area contributed by atoms with E-state index in [9.17, 15) is 9.90 Å². The van der Waals surface area contributed by atoms with Crippen LogP contribution in [0.3, 0.4) is 0 Å². The summed E-state index contributed by atoms with van der Waals surface area (Å²) in [6.07, 6.45) is 1.78. The fourth-order valence-electron chi connectivity index (χ4n) is 3.39. The fraction of sp³-hybridized carbons (Fsp3) is 0.174. The minimum Gasteiger partial charge on any atom is -0.506 e. The van der Waals surface area contributed by atoms with Crippen molar-refractivity contribution in [2.75, 3.05) is 17.2 Å². The molecule has 0 unspecified atom stereocenters. The van der Waals surface area contributed by atoms with E-state index in [2.05, 4.69) is 39.7 Å². The van der Waals surface area contributed by atoms with Gasteiger partial charge < -0.3 is 15.7 Å². The Hall–Kier alpha value is -3.45. The SMILES string of the molecule is Cc1ccc(O)c(NC(=O)CCNc2ncnc3sc(C)c(-c4ccccc4)c23)c1. The highest BCUT2D eigenvalue weighted by Crippen LogP contribution is 2.40. The van der Waals surface area contributed by atoms with Crippen molar-refractivity contribution in [2.45, 2.75) is 20.3 Å². The molecule has 152 valence electrons. The molecule has 1 amide bonds. The van der Waals surface area contributed by atoms with E-state index in [1.807, 2.05) is 25.1 Å². The van der Waals surface area contributed by atoms with Crippen LogP contribution in [-0.2, 0) is 4.79 Å². The first kappa shape index (κ1) is 19.8. The number of phenolic OH excluding ortho intramolecular Hbond substituents is 1. The lowest BCUT2D eigenvalue weighted by molar-refractivity contribution is -0.116. The molecule has 4 aromatic rings. The molecule has 0 bridgehead atoms. The van der Waals surface area contributed by atoms with Gasteiger partial charge in [0.25, 0.3) is 0 Å². The van der Waals surface area contributed by atoms with Crippen molar-refractivity contribution < 1.29 is 9.90 Å². The van der Waals surface area contributed by atoms with Gasteiger partial charge in [-0.05, 0) is 37.1 Å². The summed E-state index contributed by atoms with van der Waals surface area (Å²) in [5.74, 6) is 0.591. The third-order valence-corrected chi connectivity index (χ3v) is 5.81. The molecule has 4 rings (SSSR count). The first-order valence-corrected chi connectivity index (χ1v) is 10.5. The molecule has 0 fully saturated rings. The standard InChI is InChI=1S/C23H22N4O2S/c1-14-8-9-18(28)17(12-14)27-19(29)10-11-24-22-21-20(16-6-4-3-5-7-16)15(2)30-23(21)26-13-25-22/h3-9,12-13,28H,10-11H2,1-2H3,(H,27,29)(H,24,25,26). The average Bonchev–Trinajstić information content (AvgIpc) is 3.08. The molecule has 2 aromatic carbocycles. The van der Waals surface area contributed by atoms with E-state index in [0.29, 0.717) is 12.2 Å². The van der Waals surface area contributed by atoms with Gasteiger partial charge in [0.05, 0.1) is 11.1 Å². The van der Waals surface area contributed by atoms with Crippen molar-refractivity contribution in [3.05, 3.63) is 65.3 Å². The van der Waals surface area contributed by atoms with Crippen LogP contribution in [0.4, 0.5) is 11.5 Å². The van der Waals surface area contributed by atoms with Crippen LogP contribution >= 0.6 is 11.3 Å². The van der Waals surface area contributed by atoms with Crippen LogP contribution in [0.1, 0.15) is 16.9 Å². The van der Waals surface area contributed by atoms with Crippen molar-refractivity contribution in [1.82, 2.24) is 9.97 Å². The molecule has 0 radical (unpaired) electrons. The Morgan fingerprint density at radius 3 is 2.70 bits per heavy atom. The van der Waals surface area contributed by atoms with Crippen molar-refractivity contribution in [2.24, 2.45) is 0 Å². The summed E-state index contributed by atoms with van der Waals surface area (Å²) in [6.45, 7) is 4.40. The number of amides is 1. The molecular weight excluding hydrogens is 396 g/mol. The Labute approximate surface area is 178 Å². The summed E-state index contributed by atoms with van der Waals surface area (Å²) in [7, 11) is 0. The van der Waals surface area contributed by atoms with Gasteiger partial charge in [0.2, 0.25) is 5.91 Å². The van der Waals surface area contributed by atoms with Gasteiger partial charge in [-0.3, -0.25) is 4.79 Å². The third kappa shape index (κ3) is 4.11. The lowest BCUT2D eigenvalue weighted by Gasteiger charge is -2.10. The third-order valence-electron chi connectivity index (χ3n) is 4.80. The van der Waals surface area contributed by atoms with Crippen molar-refractivity contribution in [1.29, 1.82) is 0 Å². The number of hydrogen-bond donors (Lipinski definition) is 3. The summed E-state index contributed by atoms with van der Waals surface area (Å²) >= 11 is 1.63. The Kier molecular flexibility index (Phi) is 5.63. The largest absolute Gasteiger partial charge is 0.506 e. The van der Waals surface area contributed by atoms with Gasteiger partial charge in [0, 0.05) is 23.4 Å². The molecule has 2 aromatic heterocycles. The zero-order chi connectivity index (χ0) is 21.1. The summed E-state index contributed by atoms with van der Waals surface area (Å²) in [6, 6.07) is 15.3. The number of aromatic hydroxyl groups is 1. The maximum absolute atomic E-state index is 12.3. The first-order chi connectivity index (χ1) is 14.5. The van der Waals surface area contributed by atoms with Gasteiger partial charge >= 0.3 is 0 Å². The second kappa shape index (κ2) is 8.51. The van der Waals surface area contributed by atoms with Crippen LogP contribution in [0.2, 0.25) is 0 Å². The molecule has 0 saturated carbocycles. The molecule has 0 saturated heterocycles. The quantitative estimate of drug-likeness (QED) is 0.378. The number of carbonyl (C=O) groups excluding carboxylic acids is 1. The number of thiophene rings is 1. The number of nitrogens with zero attached hydrogens (tertiary/aromatic N) is 2. The molecule has 0 aliphatic carbocycles. The highest BCUT2D eigenvalue weighted by molar-refractivity contribution is 7.19. The van der Waals surface area contributed by atoms with E-state index in [4.69, 9.17) is 0 Å². The number of anilines is 2. The lowest BCUT2D eigenvalue weighted by Crippen LogP contribution is -2.17. The van der Waals surface area contributed by atoms with E-state index in [1.54, 1.807) is 35.9 Å². The molecule has 0 aliphatic heterocycles. The van der Waals surface area contributed by atoms with Crippen molar-refractivity contribution >= 4 is 39.0 Å². The Bertz CT molecular complexity index is 1200. The van der Waals surface area contributed by atoms with E-state index in [1.165, 1.54) is 4.88 Å². The maximum atomic E-state index is 12.3. The summed E-state index contributed by atoms with van der Waals surface area (Å²) in [5.41, 5.74) is 3.62. The highest BCUT2D eigenvalue weighted by atomic mass is 32.1. The van der Waals surface area contributed by atoms with Crippen LogP contribution in [0.15, 0.2) is 54.9 Å². The molecule has 0 atom stereocenters. The van der Waals surface area contributed by atoms with Crippen LogP contribution in [-0.4, -0.2) is 27.5 Å². The number of benzene rings is 2. The van der Waals surface area contributed by atoms with E-state index < -0.39 is 0 Å². The van der Waals surface area contributed by atoms with Crippen LogP contribution in [0.5, 0.6) is 5.75 Å². The number of hydrogen-bond acceptors (Lipinski definition) is 6. The van der Waals surface area contributed by atoms with Crippen molar-refractivity contribution in [3.8, 4) is 16.9 Å². The molecule has 7 heteroatoms. The van der Waals surface area contributed by atoms with Gasteiger partial charge in [-0.2, -0.15) is 0 Å². The van der Waals surface area contributed by atoms with Gasteiger partial charge in [0.15, 0.2) is 0 Å². The Balaban J connectivity index is 1.51. The monoisotopic (exact) mass is 418 g/mol. The molecule has 0 spiro atoms. The van der Waals surface area contributed by atoms with Gasteiger partial charge in [-0.25, -0.2) is 9.97 Å². The van der Waals surface area contributed by atoms with Gasteiger partial charge in [-0.15, -0.1) is 11.3 Å². The zero-order valence-electron chi connectivity index (χ0n) is 16.8. The smallest absolute Gasteiger partial charge is 0.226 e. The highest BCUT2D eigenvalue weighted by Gasteiger charge is 2.16. The fourth-order valence-corrected chi connectivity index (χ4v) is 4.40. The number of nitrogens with one attached hydrogen (secondary N) is 2. The number of aromatic nitrogens is 2. The van der Waals surface area contributed by atoms with E-state index in [-0.39, 0.29) is 18.1 Å². The molecule has 0 aliphatic rings. The second-order valence-corrected chi connectivity index (χ2v) is 8.25. The topological polar surface area (TPSA) is 87.1 Å². The number of fused-ring (bicyclic) bond motifs is 1. The van der Waals surface area contributed by atoms with Gasteiger partial charge in [-0.1, -0.05) is 36.4 Å². The second-order valence-electron chi connectivity index (χ2n) is 7.05. The van der Waals surface area contributed by atoms with E-state index >= 15 is 0 Å². The lowest BCUT2D eigenvalue weighted by atomic mass is 10.0. The van der Waals surface area contributed by atoms with Crippen LogP contribution < -0.4 is 10.6 Å². The summed E-state index contributed by atoms with van der Waals surface area (Å²) in [5, 5.41) is 16.9. The number of rotatable bonds is 6. The predicted octanol–water partition coefficient (Wildman–Crippen LogP) is 5.12. The minimum absolute atomic E-state index is 0.0562. The molecular formula is C23H22N4O2S. The maximum Gasteiger partial charge on any atom is 0.226 e. The Morgan fingerprint density at radius 2 is 1.90 bits per heavy atom. The predicted molar refractivity (Wildman–Crippen MR) is 122 cm³/mol. The molecule has 3 N–H and O–H groups in total. The summed E-state index contributed by atoms with van der Waals surface area (Å²) < 4.78 is 0. The Morgan fingerprint density at radius 1 is 1.10 bits per heavy atom. The van der Waals surface area contributed by atoms with Crippen LogP contribution in [0, 0.1) is 13.8 Å².